The number of aromatic amines is 1. The van der Waals surface area contributed by atoms with Crippen LogP contribution in [0, 0.1) is 0 Å². The average Bonchev–Trinajstić information content (AvgIpc) is 2.62. The van der Waals surface area contributed by atoms with Gasteiger partial charge in [-0.2, -0.15) is 5.10 Å². The Labute approximate surface area is 97.3 Å². The molecule has 0 saturated heterocycles. The maximum absolute atomic E-state index is 11.7. The summed E-state index contributed by atoms with van der Waals surface area (Å²) in [5.74, 6) is 0. The van der Waals surface area contributed by atoms with Crippen LogP contribution in [0.4, 0.5) is 0 Å². The molecule has 2 aromatic heterocycles. The lowest BCUT2D eigenvalue weighted by Gasteiger charge is -2.00. The van der Waals surface area contributed by atoms with E-state index in [0.29, 0.717) is 5.39 Å². The molecule has 0 saturated carbocycles. The van der Waals surface area contributed by atoms with Gasteiger partial charge in [0.25, 0.3) is 5.56 Å². The second-order valence-electron chi connectivity index (χ2n) is 3.53. The van der Waals surface area contributed by atoms with E-state index >= 15 is 0 Å². The van der Waals surface area contributed by atoms with Crippen LogP contribution in [0.1, 0.15) is 0 Å². The molecule has 0 radical (unpaired) electrons. The van der Waals surface area contributed by atoms with Gasteiger partial charge in [-0.1, -0.05) is 18.2 Å². The Morgan fingerprint density at radius 3 is 2.81 bits per heavy atom. The number of hydrogen-bond acceptors (Lipinski definition) is 2. The van der Waals surface area contributed by atoms with Gasteiger partial charge in [0, 0.05) is 12.4 Å². The van der Waals surface area contributed by atoms with E-state index in [0.717, 1.165) is 16.4 Å². The lowest BCUT2D eigenvalue weighted by Crippen LogP contribution is -2.05. The third kappa shape index (κ3) is 1.31. The number of H-pyrrole nitrogens is 1. The highest BCUT2D eigenvalue weighted by Gasteiger charge is 2.07. The molecule has 0 aliphatic heterocycles. The van der Waals surface area contributed by atoms with E-state index in [1.807, 2.05) is 31.3 Å². The molecule has 0 atom stereocenters. The van der Waals surface area contributed by atoms with Crippen LogP contribution in [-0.4, -0.2) is 14.8 Å². The van der Waals surface area contributed by atoms with Crippen molar-refractivity contribution in [2.75, 3.05) is 0 Å². The molecule has 0 bridgehead atoms. The van der Waals surface area contributed by atoms with Gasteiger partial charge in [0.2, 0.25) is 0 Å². The number of nitrogens with zero attached hydrogens (tertiary/aromatic N) is 2. The van der Waals surface area contributed by atoms with Gasteiger partial charge < -0.3 is 4.98 Å². The van der Waals surface area contributed by atoms with Crippen molar-refractivity contribution in [2.45, 2.75) is 0 Å². The third-order valence-corrected chi connectivity index (χ3v) is 2.61. The Hall–Kier alpha value is -1.81. The zero-order chi connectivity index (χ0) is 10.4. The van der Waals surface area contributed by atoms with Crippen molar-refractivity contribution in [3.63, 3.8) is 0 Å². The molecule has 4 nitrogen and oxygen atoms in total. The predicted octanol–water partition coefficient (Wildman–Crippen LogP) is 1.84. The standard InChI is InChI=1S/C11H9N3O.ClH/c1-14-10-7-4-2-3-5-9(7)13-11(15)8(10)6-12-14;/h2-6H,1H3,(H,13,15);1H. The number of halogens is 1. The molecule has 2 heterocycles. The highest BCUT2D eigenvalue weighted by atomic mass is 35.5. The summed E-state index contributed by atoms with van der Waals surface area (Å²) in [5.41, 5.74) is 1.64. The van der Waals surface area contributed by atoms with Gasteiger partial charge in [-0.15, -0.1) is 12.4 Å². The molecule has 0 unspecified atom stereocenters. The van der Waals surface area contributed by atoms with Gasteiger partial charge in [0.05, 0.1) is 22.6 Å². The van der Waals surface area contributed by atoms with E-state index in [-0.39, 0.29) is 18.0 Å². The molecule has 82 valence electrons. The first-order chi connectivity index (χ1) is 7.27. The number of pyridine rings is 1. The second kappa shape index (κ2) is 3.64. The summed E-state index contributed by atoms with van der Waals surface area (Å²) in [6, 6.07) is 7.73. The van der Waals surface area contributed by atoms with Crippen molar-refractivity contribution in [1.82, 2.24) is 14.8 Å². The minimum absolute atomic E-state index is 0. The van der Waals surface area contributed by atoms with E-state index in [4.69, 9.17) is 0 Å². The van der Waals surface area contributed by atoms with Crippen molar-refractivity contribution in [1.29, 1.82) is 0 Å². The van der Waals surface area contributed by atoms with E-state index in [1.54, 1.807) is 10.9 Å². The molecule has 0 aliphatic carbocycles. The Bertz CT molecular complexity index is 714. The molecular weight excluding hydrogens is 226 g/mol. The normalized spacial score (nSPS) is 10.6. The molecule has 0 fully saturated rings. The molecule has 1 aromatic carbocycles. The summed E-state index contributed by atoms with van der Waals surface area (Å²) in [5, 5.41) is 5.76. The molecular formula is C11H10ClN3O. The minimum Gasteiger partial charge on any atom is -0.321 e. The lowest BCUT2D eigenvalue weighted by atomic mass is 10.2. The molecule has 3 aromatic rings. The van der Waals surface area contributed by atoms with E-state index in [1.165, 1.54) is 0 Å². The molecule has 5 heteroatoms. The van der Waals surface area contributed by atoms with Crippen molar-refractivity contribution in [3.8, 4) is 0 Å². The molecule has 16 heavy (non-hydrogen) atoms. The monoisotopic (exact) mass is 235 g/mol. The number of hydrogen-bond donors (Lipinski definition) is 1. The first-order valence-electron chi connectivity index (χ1n) is 4.70. The van der Waals surface area contributed by atoms with Crippen LogP contribution in [0.5, 0.6) is 0 Å². The number of rotatable bonds is 0. The van der Waals surface area contributed by atoms with Gasteiger partial charge in [0.15, 0.2) is 0 Å². The summed E-state index contributed by atoms with van der Waals surface area (Å²) < 4.78 is 1.73. The first-order valence-corrected chi connectivity index (χ1v) is 4.70. The summed E-state index contributed by atoms with van der Waals surface area (Å²) in [6.45, 7) is 0. The maximum Gasteiger partial charge on any atom is 0.259 e. The number of aryl methyl sites for hydroxylation is 1. The first kappa shape index (κ1) is 10.7. The largest absolute Gasteiger partial charge is 0.321 e. The Balaban J connectivity index is 0.000000963. The summed E-state index contributed by atoms with van der Waals surface area (Å²) in [7, 11) is 1.84. The van der Waals surface area contributed by atoms with Crippen molar-refractivity contribution < 1.29 is 0 Å². The number of aromatic nitrogens is 3. The third-order valence-electron chi connectivity index (χ3n) is 2.61. The average molecular weight is 236 g/mol. The quantitative estimate of drug-likeness (QED) is 0.646. The number of nitrogens with one attached hydrogen (secondary N) is 1. The van der Waals surface area contributed by atoms with Crippen LogP contribution in [0.3, 0.4) is 0 Å². The Morgan fingerprint density at radius 2 is 2.00 bits per heavy atom. The van der Waals surface area contributed by atoms with Gasteiger partial charge >= 0.3 is 0 Å². The van der Waals surface area contributed by atoms with E-state index in [9.17, 15) is 4.79 Å². The zero-order valence-electron chi connectivity index (χ0n) is 8.60. The maximum atomic E-state index is 11.7. The fourth-order valence-electron chi connectivity index (χ4n) is 1.91. The van der Waals surface area contributed by atoms with Crippen LogP contribution in [0.2, 0.25) is 0 Å². The summed E-state index contributed by atoms with van der Waals surface area (Å²) in [6.07, 6.45) is 1.60. The van der Waals surface area contributed by atoms with Crippen LogP contribution >= 0.6 is 12.4 Å². The Kier molecular flexibility index (Phi) is 2.44. The fraction of sp³-hybridized carbons (Fsp3) is 0.0909. The lowest BCUT2D eigenvalue weighted by molar-refractivity contribution is 0.799. The zero-order valence-corrected chi connectivity index (χ0v) is 9.41. The highest BCUT2D eigenvalue weighted by molar-refractivity contribution is 6.02. The SMILES string of the molecule is Cl.Cn1ncc2c(=O)[nH]c3ccccc3c21. The number of fused-ring (bicyclic) bond motifs is 3. The minimum atomic E-state index is -0.0863. The molecule has 0 spiro atoms. The Morgan fingerprint density at radius 1 is 1.25 bits per heavy atom. The molecule has 0 amide bonds. The number of para-hydroxylation sites is 1. The van der Waals surface area contributed by atoms with Gasteiger partial charge in [-0.25, -0.2) is 0 Å². The molecule has 0 aliphatic rings. The second-order valence-corrected chi connectivity index (χ2v) is 3.53. The van der Waals surface area contributed by atoms with Crippen LogP contribution < -0.4 is 5.56 Å². The molecule has 3 rings (SSSR count). The highest BCUT2D eigenvalue weighted by Crippen LogP contribution is 2.19. The van der Waals surface area contributed by atoms with Crippen molar-refractivity contribution in [3.05, 3.63) is 40.8 Å². The van der Waals surface area contributed by atoms with Gasteiger partial charge in [0.1, 0.15) is 0 Å². The topological polar surface area (TPSA) is 50.7 Å². The van der Waals surface area contributed by atoms with Crippen molar-refractivity contribution >= 4 is 34.2 Å². The van der Waals surface area contributed by atoms with Gasteiger partial charge in [-0.3, -0.25) is 9.48 Å². The fourth-order valence-corrected chi connectivity index (χ4v) is 1.91. The summed E-state index contributed by atoms with van der Waals surface area (Å²) in [4.78, 5) is 14.5. The van der Waals surface area contributed by atoms with Crippen LogP contribution in [0.15, 0.2) is 35.3 Å². The van der Waals surface area contributed by atoms with Crippen LogP contribution in [0.25, 0.3) is 21.8 Å². The summed E-state index contributed by atoms with van der Waals surface area (Å²) >= 11 is 0. The van der Waals surface area contributed by atoms with Crippen molar-refractivity contribution in [2.24, 2.45) is 7.05 Å². The smallest absolute Gasteiger partial charge is 0.259 e. The predicted molar refractivity (Wildman–Crippen MR) is 66.1 cm³/mol. The molecule has 1 N–H and O–H groups in total. The van der Waals surface area contributed by atoms with Gasteiger partial charge in [-0.05, 0) is 6.07 Å². The van der Waals surface area contributed by atoms with E-state index in [2.05, 4.69) is 10.1 Å². The number of benzene rings is 1. The van der Waals surface area contributed by atoms with Crippen LogP contribution in [-0.2, 0) is 7.05 Å². The van der Waals surface area contributed by atoms with E-state index < -0.39 is 0 Å².